The first kappa shape index (κ1) is 40.4. The molecule has 0 atom stereocenters. The van der Waals surface area contributed by atoms with E-state index in [9.17, 15) is 37.1 Å². The Morgan fingerprint density at radius 1 is 0.696 bits per heavy atom. The van der Waals surface area contributed by atoms with Crippen LogP contribution in [0, 0.1) is 0 Å². The fraction of sp³-hybridized carbons (Fsp3) is 0.186. The molecule has 0 radical (unpaired) electrons. The summed E-state index contributed by atoms with van der Waals surface area (Å²) in [5.41, 5.74) is 2.31. The summed E-state index contributed by atoms with van der Waals surface area (Å²) < 4.78 is 54.9. The van der Waals surface area contributed by atoms with Gasteiger partial charge in [0.05, 0.1) is 22.4 Å². The minimum atomic E-state index is -4.50. The number of carbonyl (C=O) groups is 5. The molecule has 5 aromatic rings. The van der Waals surface area contributed by atoms with Crippen molar-refractivity contribution in [3.63, 3.8) is 0 Å². The number of rotatable bonds is 14. The van der Waals surface area contributed by atoms with Gasteiger partial charge in [-0.05, 0) is 89.7 Å². The summed E-state index contributed by atoms with van der Waals surface area (Å²) in [6, 6.07) is 30.6. The van der Waals surface area contributed by atoms with Gasteiger partial charge < -0.3 is 24.4 Å². The first-order valence-electron chi connectivity index (χ1n) is 17.4. The summed E-state index contributed by atoms with van der Waals surface area (Å²) in [6.45, 7) is -0.509. The third-order valence-corrected chi connectivity index (χ3v) is 8.40. The Bertz CT molecular complexity index is 2190. The molecule has 0 unspecified atom stereocenters. The number of alkyl halides is 3. The molecule has 13 heteroatoms. The molecule has 0 saturated carbocycles. The molecule has 0 heterocycles. The minimum absolute atomic E-state index is 0.0328. The molecule has 10 nitrogen and oxygen atoms in total. The van der Waals surface area contributed by atoms with E-state index in [0.29, 0.717) is 24.0 Å². The van der Waals surface area contributed by atoms with Crippen LogP contribution in [0.15, 0.2) is 121 Å². The van der Waals surface area contributed by atoms with Crippen molar-refractivity contribution in [3.05, 3.63) is 155 Å². The number of ether oxygens (including phenoxy) is 3. The lowest BCUT2D eigenvalue weighted by atomic mass is 9.97. The molecule has 0 spiro atoms. The molecule has 288 valence electrons. The van der Waals surface area contributed by atoms with E-state index in [0.717, 1.165) is 23.3 Å². The molecule has 1 N–H and O–H groups in total. The van der Waals surface area contributed by atoms with Gasteiger partial charge in [0.15, 0.2) is 6.61 Å². The molecule has 0 aliphatic rings. The van der Waals surface area contributed by atoms with Gasteiger partial charge in [0, 0.05) is 26.1 Å². The number of benzene rings is 5. The fourth-order valence-corrected chi connectivity index (χ4v) is 5.50. The normalized spacial score (nSPS) is 10.9. The summed E-state index contributed by atoms with van der Waals surface area (Å²) in [5.74, 6) is -2.72. The lowest BCUT2D eigenvalue weighted by molar-refractivity contribution is -0.148. The predicted octanol–water partition coefficient (Wildman–Crippen LogP) is 8.16. The molecular weight excluding hydrogens is 729 g/mol. The van der Waals surface area contributed by atoms with Gasteiger partial charge in [0.2, 0.25) is 0 Å². The second-order valence-electron chi connectivity index (χ2n) is 12.7. The second-order valence-corrected chi connectivity index (χ2v) is 12.7. The first-order valence-corrected chi connectivity index (χ1v) is 17.4. The van der Waals surface area contributed by atoms with Crippen LogP contribution in [-0.2, 0) is 38.3 Å². The number of amides is 2. The highest BCUT2D eigenvalue weighted by Crippen LogP contribution is 2.32. The fourth-order valence-electron chi connectivity index (χ4n) is 5.50. The van der Waals surface area contributed by atoms with Crippen molar-refractivity contribution in [2.75, 3.05) is 26.0 Å². The van der Waals surface area contributed by atoms with Gasteiger partial charge in [0.25, 0.3) is 11.8 Å². The monoisotopic (exact) mass is 766 g/mol. The van der Waals surface area contributed by atoms with Crippen molar-refractivity contribution in [2.45, 2.75) is 32.0 Å². The molecule has 5 rings (SSSR count). The topological polar surface area (TPSA) is 128 Å². The summed E-state index contributed by atoms with van der Waals surface area (Å²) >= 11 is 0. The summed E-state index contributed by atoms with van der Waals surface area (Å²) in [4.78, 5) is 65.0. The number of aryl methyl sites for hydroxylation is 1. The lowest BCUT2D eigenvalue weighted by Gasteiger charge is -2.17. The van der Waals surface area contributed by atoms with E-state index in [1.54, 1.807) is 68.7 Å². The van der Waals surface area contributed by atoms with Gasteiger partial charge in [-0.1, -0.05) is 66.7 Å². The Morgan fingerprint density at radius 3 is 2.05 bits per heavy atom. The highest BCUT2D eigenvalue weighted by atomic mass is 19.4. The van der Waals surface area contributed by atoms with Crippen molar-refractivity contribution in [3.8, 4) is 16.9 Å². The molecule has 0 aliphatic heterocycles. The van der Waals surface area contributed by atoms with Crippen LogP contribution in [0.5, 0.6) is 5.75 Å². The summed E-state index contributed by atoms with van der Waals surface area (Å²) in [6.07, 6.45) is -3.71. The van der Waals surface area contributed by atoms with E-state index >= 15 is 0 Å². The van der Waals surface area contributed by atoms with E-state index in [4.69, 9.17) is 14.2 Å². The van der Waals surface area contributed by atoms with Gasteiger partial charge in [0.1, 0.15) is 12.4 Å². The van der Waals surface area contributed by atoms with Gasteiger partial charge >= 0.3 is 24.1 Å². The van der Waals surface area contributed by atoms with E-state index in [1.165, 1.54) is 41.3 Å². The zero-order valence-corrected chi connectivity index (χ0v) is 30.4. The van der Waals surface area contributed by atoms with Gasteiger partial charge in [-0.25, -0.2) is 9.59 Å². The van der Waals surface area contributed by atoms with E-state index in [2.05, 4.69) is 5.32 Å². The van der Waals surface area contributed by atoms with Gasteiger partial charge in [-0.15, -0.1) is 0 Å². The molecule has 0 aliphatic carbocycles. The second kappa shape index (κ2) is 18.5. The van der Waals surface area contributed by atoms with Crippen LogP contribution >= 0.6 is 0 Å². The molecule has 2 amide bonds. The van der Waals surface area contributed by atoms with Crippen molar-refractivity contribution in [1.82, 2.24) is 4.90 Å². The van der Waals surface area contributed by atoms with Crippen molar-refractivity contribution >= 4 is 35.4 Å². The quantitative estimate of drug-likeness (QED) is 0.0886. The third kappa shape index (κ3) is 11.1. The highest BCUT2D eigenvalue weighted by molar-refractivity contribution is 6.11. The Kier molecular flexibility index (Phi) is 13.4. The summed E-state index contributed by atoms with van der Waals surface area (Å²) in [7, 11) is 3.13. The van der Waals surface area contributed by atoms with Crippen LogP contribution in [0.3, 0.4) is 0 Å². The number of nitrogens with one attached hydrogen (secondary N) is 1. The number of anilines is 1. The average Bonchev–Trinajstić information content (AvgIpc) is 3.19. The molecule has 56 heavy (non-hydrogen) atoms. The smallest absolute Gasteiger partial charge is 0.416 e. The zero-order valence-electron chi connectivity index (χ0n) is 30.4. The molecule has 0 saturated heterocycles. The largest absolute Gasteiger partial charge is 0.458 e. The Morgan fingerprint density at radius 2 is 1.38 bits per heavy atom. The van der Waals surface area contributed by atoms with Gasteiger partial charge in [-0.3, -0.25) is 14.4 Å². The summed E-state index contributed by atoms with van der Waals surface area (Å²) in [5, 5.41) is 2.78. The SMILES string of the molecule is CN(C)C(=O)c1cc(CCCC(=O)Oc2ccc(C(=O)OCC(=O)OCc3ccccc3)cc2)ccc1NC(=O)c1ccccc1-c1ccc(C(F)(F)F)cc1. The van der Waals surface area contributed by atoms with Crippen LogP contribution < -0.4 is 10.1 Å². The van der Waals surface area contributed by atoms with Crippen LogP contribution in [0.25, 0.3) is 11.1 Å². The number of halogens is 3. The van der Waals surface area contributed by atoms with Crippen molar-refractivity contribution in [1.29, 1.82) is 0 Å². The van der Waals surface area contributed by atoms with Crippen LogP contribution in [0.1, 0.15) is 60.6 Å². The predicted molar refractivity (Wildman–Crippen MR) is 201 cm³/mol. The number of nitrogens with zero attached hydrogens (tertiary/aromatic N) is 1. The molecule has 0 aromatic heterocycles. The maximum Gasteiger partial charge on any atom is 0.416 e. The standard InChI is InChI=1S/C43H37F3N2O8/c1-48(2)41(52)36-25-28(15-24-37(36)47-40(51)35-13-7-6-12-34(35)30-16-20-32(21-17-30)43(44,45)46)11-8-14-38(49)56-33-22-18-31(19-23-33)42(53)55-27-39(50)54-26-29-9-4-3-5-10-29/h3-7,9-10,12-13,15-25H,8,11,14,26-27H2,1-2H3,(H,47,51). The van der Waals surface area contributed by atoms with Crippen molar-refractivity contribution in [2.24, 2.45) is 0 Å². The van der Waals surface area contributed by atoms with E-state index in [-0.39, 0.29) is 47.1 Å². The van der Waals surface area contributed by atoms with Crippen molar-refractivity contribution < 1.29 is 51.4 Å². The molecule has 5 aromatic carbocycles. The molecule has 0 fully saturated rings. The highest BCUT2D eigenvalue weighted by Gasteiger charge is 2.30. The Hall–Kier alpha value is -6.76. The zero-order chi connectivity index (χ0) is 40.2. The van der Waals surface area contributed by atoms with Crippen LogP contribution in [-0.4, -0.2) is 55.3 Å². The van der Waals surface area contributed by atoms with Crippen LogP contribution in [0.4, 0.5) is 18.9 Å². The van der Waals surface area contributed by atoms with E-state index < -0.39 is 42.2 Å². The maximum absolute atomic E-state index is 13.5. The first-order chi connectivity index (χ1) is 26.8. The third-order valence-electron chi connectivity index (χ3n) is 8.40. The Labute approximate surface area is 320 Å². The lowest BCUT2D eigenvalue weighted by Crippen LogP contribution is -2.24. The number of hydrogen-bond acceptors (Lipinski definition) is 8. The molecule has 0 bridgehead atoms. The number of hydrogen-bond donors (Lipinski definition) is 1. The average molecular weight is 767 g/mol. The number of esters is 3. The Balaban J connectivity index is 1.14. The minimum Gasteiger partial charge on any atom is -0.458 e. The number of carbonyl (C=O) groups excluding carboxylic acids is 5. The van der Waals surface area contributed by atoms with Crippen LogP contribution in [0.2, 0.25) is 0 Å². The van der Waals surface area contributed by atoms with Gasteiger partial charge in [-0.2, -0.15) is 13.2 Å². The van der Waals surface area contributed by atoms with E-state index in [1.807, 2.05) is 18.2 Å². The molecular formula is C43H37F3N2O8. The maximum atomic E-state index is 13.5.